The van der Waals surface area contributed by atoms with E-state index in [2.05, 4.69) is 10.3 Å². The van der Waals surface area contributed by atoms with E-state index in [0.29, 0.717) is 11.1 Å². The van der Waals surface area contributed by atoms with Gasteiger partial charge in [-0.25, -0.2) is 0 Å². The molecule has 0 aliphatic carbocycles. The number of nitrogens with zero attached hydrogens (tertiary/aromatic N) is 1. The van der Waals surface area contributed by atoms with Gasteiger partial charge in [-0.2, -0.15) is 13.2 Å². The molecule has 1 aromatic heterocycles. The average molecular weight is 330 g/mol. The molecule has 1 amide bonds. The van der Waals surface area contributed by atoms with Gasteiger partial charge in [0.25, 0.3) is 5.91 Å². The van der Waals surface area contributed by atoms with Gasteiger partial charge in [-0.05, 0) is 11.6 Å². The van der Waals surface area contributed by atoms with Crippen LogP contribution in [0.25, 0.3) is 22.0 Å². The Kier molecular flexibility index (Phi) is 3.97. The van der Waals surface area contributed by atoms with E-state index in [1.54, 1.807) is 36.4 Å². The van der Waals surface area contributed by atoms with Crippen LogP contribution < -0.4 is 5.32 Å². The fourth-order valence-electron chi connectivity index (χ4n) is 2.67. The Balaban J connectivity index is 2.42. The lowest BCUT2D eigenvalue weighted by Gasteiger charge is -2.15. The first-order valence-corrected chi connectivity index (χ1v) is 7.20. The molecule has 1 heterocycles. The minimum absolute atomic E-state index is 0.170. The topological polar surface area (TPSA) is 42.0 Å². The summed E-state index contributed by atoms with van der Waals surface area (Å²) in [5.41, 5.74) is 0.335. The van der Waals surface area contributed by atoms with Crippen molar-refractivity contribution in [3.8, 4) is 11.1 Å². The van der Waals surface area contributed by atoms with Crippen molar-refractivity contribution in [2.45, 2.75) is 6.18 Å². The summed E-state index contributed by atoms with van der Waals surface area (Å²) >= 11 is 0. The summed E-state index contributed by atoms with van der Waals surface area (Å²) in [6.07, 6.45) is -3.33. The molecule has 122 valence electrons. The van der Waals surface area contributed by atoms with Crippen LogP contribution in [0.15, 0.2) is 54.7 Å². The monoisotopic (exact) mass is 330 g/mol. The molecule has 0 atom stereocenters. The number of amides is 1. The van der Waals surface area contributed by atoms with Gasteiger partial charge in [-0.1, -0.05) is 42.5 Å². The SMILES string of the molecule is CNC(=O)c1cnc2c(C(F)(F)F)cccc2c1-c1ccccc1. The minimum Gasteiger partial charge on any atom is -0.355 e. The number of halogens is 3. The maximum atomic E-state index is 13.3. The van der Waals surface area contributed by atoms with Gasteiger partial charge in [0.15, 0.2) is 0 Å². The van der Waals surface area contributed by atoms with E-state index in [-0.39, 0.29) is 16.5 Å². The molecule has 6 heteroatoms. The first kappa shape index (κ1) is 16.0. The van der Waals surface area contributed by atoms with E-state index in [1.165, 1.54) is 19.3 Å². The van der Waals surface area contributed by atoms with Crippen LogP contribution in [0.2, 0.25) is 0 Å². The van der Waals surface area contributed by atoms with Gasteiger partial charge in [0.2, 0.25) is 0 Å². The quantitative estimate of drug-likeness (QED) is 0.762. The average Bonchev–Trinajstić information content (AvgIpc) is 2.59. The van der Waals surface area contributed by atoms with Crippen molar-refractivity contribution in [3.63, 3.8) is 0 Å². The van der Waals surface area contributed by atoms with Gasteiger partial charge in [-0.3, -0.25) is 9.78 Å². The summed E-state index contributed by atoms with van der Waals surface area (Å²) in [6.45, 7) is 0. The second kappa shape index (κ2) is 5.96. The number of fused-ring (bicyclic) bond motifs is 1. The van der Waals surface area contributed by atoms with E-state index in [9.17, 15) is 18.0 Å². The van der Waals surface area contributed by atoms with Crippen LogP contribution in [0.4, 0.5) is 13.2 Å². The molecule has 24 heavy (non-hydrogen) atoms. The first-order valence-electron chi connectivity index (χ1n) is 7.20. The lowest BCUT2D eigenvalue weighted by molar-refractivity contribution is -0.136. The van der Waals surface area contributed by atoms with Crippen LogP contribution in [-0.4, -0.2) is 17.9 Å². The second-order valence-corrected chi connectivity index (χ2v) is 5.19. The van der Waals surface area contributed by atoms with Gasteiger partial charge in [0.05, 0.1) is 16.6 Å². The summed E-state index contributed by atoms with van der Waals surface area (Å²) in [5.74, 6) is -0.402. The first-order chi connectivity index (χ1) is 11.4. The number of hydrogen-bond donors (Lipinski definition) is 1. The Hall–Kier alpha value is -2.89. The molecule has 3 nitrogen and oxygen atoms in total. The minimum atomic E-state index is -4.52. The van der Waals surface area contributed by atoms with Gasteiger partial charge < -0.3 is 5.32 Å². The lowest BCUT2D eigenvalue weighted by atomic mass is 9.94. The second-order valence-electron chi connectivity index (χ2n) is 5.19. The Morgan fingerprint density at radius 3 is 2.38 bits per heavy atom. The summed E-state index contributed by atoms with van der Waals surface area (Å²) < 4.78 is 39.8. The highest BCUT2D eigenvalue weighted by Gasteiger charge is 2.34. The maximum Gasteiger partial charge on any atom is 0.418 e. The summed E-state index contributed by atoms with van der Waals surface area (Å²) in [4.78, 5) is 16.1. The maximum absolute atomic E-state index is 13.3. The third kappa shape index (κ3) is 2.71. The smallest absolute Gasteiger partial charge is 0.355 e. The van der Waals surface area contributed by atoms with E-state index >= 15 is 0 Å². The van der Waals surface area contributed by atoms with Crippen molar-refractivity contribution in [2.75, 3.05) is 7.05 Å². The molecule has 0 fully saturated rings. The van der Waals surface area contributed by atoms with Crippen LogP contribution in [0.1, 0.15) is 15.9 Å². The molecule has 3 rings (SSSR count). The number of benzene rings is 2. The number of nitrogens with one attached hydrogen (secondary N) is 1. The van der Waals surface area contributed by atoms with Crippen molar-refractivity contribution in [3.05, 3.63) is 65.9 Å². The van der Waals surface area contributed by atoms with Crippen molar-refractivity contribution in [2.24, 2.45) is 0 Å². The third-order valence-electron chi connectivity index (χ3n) is 3.74. The number of rotatable bonds is 2. The standard InChI is InChI=1S/C18H13F3N2O/c1-22-17(24)13-10-23-16-12(8-5-9-14(16)18(19,20)21)15(13)11-6-3-2-4-7-11/h2-10H,1H3,(H,22,24). The molecule has 2 aromatic carbocycles. The number of hydrogen-bond acceptors (Lipinski definition) is 2. The van der Waals surface area contributed by atoms with Gasteiger partial charge in [0.1, 0.15) is 0 Å². The normalized spacial score (nSPS) is 11.5. The van der Waals surface area contributed by atoms with Crippen LogP contribution in [0, 0.1) is 0 Å². The molecule has 0 unspecified atom stereocenters. The third-order valence-corrected chi connectivity index (χ3v) is 3.74. The number of aromatic nitrogens is 1. The van der Waals surface area contributed by atoms with Gasteiger partial charge >= 0.3 is 6.18 Å². The van der Waals surface area contributed by atoms with E-state index < -0.39 is 17.6 Å². The van der Waals surface area contributed by atoms with Crippen molar-refractivity contribution in [1.82, 2.24) is 10.3 Å². The Morgan fingerprint density at radius 2 is 1.75 bits per heavy atom. The molecule has 1 N–H and O–H groups in total. The molecular weight excluding hydrogens is 317 g/mol. The van der Waals surface area contributed by atoms with Crippen molar-refractivity contribution in [1.29, 1.82) is 0 Å². The number of pyridine rings is 1. The van der Waals surface area contributed by atoms with Crippen LogP contribution in [-0.2, 0) is 6.18 Å². The number of para-hydroxylation sites is 1. The fourth-order valence-corrected chi connectivity index (χ4v) is 2.67. The predicted octanol–water partition coefficient (Wildman–Crippen LogP) is 4.28. The highest BCUT2D eigenvalue weighted by Crippen LogP contribution is 2.38. The molecule has 0 spiro atoms. The van der Waals surface area contributed by atoms with E-state index in [0.717, 1.165) is 6.07 Å². The predicted molar refractivity (Wildman–Crippen MR) is 85.6 cm³/mol. The molecule has 0 aliphatic heterocycles. The summed E-state index contributed by atoms with van der Waals surface area (Å²) in [7, 11) is 1.47. The molecule has 0 aliphatic rings. The van der Waals surface area contributed by atoms with Gasteiger partial charge in [0, 0.05) is 24.2 Å². The van der Waals surface area contributed by atoms with Crippen LogP contribution in [0.5, 0.6) is 0 Å². The number of carbonyl (C=O) groups excluding carboxylic acids is 1. The zero-order valence-corrected chi connectivity index (χ0v) is 12.7. The number of alkyl halides is 3. The summed E-state index contributed by atoms with van der Waals surface area (Å²) in [6, 6.07) is 12.7. The lowest BCUT2D eigenvalue weighted by Crippen LogP contribution is -2.19. The molecule has 0 saturated carbocycles. The Morgan fingerprint density at radius 1 is 1.04 bits per heavy atom. The summed E-state index contributed by atoms with van der Waals surface area (Å²) in [5, 5.41) is 2.79. The van der Waals surface area contributed by atoms with Crippen molar-refractivity contribution >= 4 is 16.8 Å². The van der Waals surface area contributed by atoms with E-state index in [4.69, 9.17) is 0 Å². The Bertz CT molecular complexity index is 905. The van der Waals surface area contributed by atoms with Gasteiger partial charge in [-0.15, -0.1) is 0 Å². The zero-order chi connectivity index (χ0) is 17.3. The fraction of sp³-hybridized carbons (Fsp3) is 0.111. The number of carbonyl (C=O) groups is 1. The van der Waals surface area contributed by atoms with Crippen molar-refractivity contribution < 1.29 is 18.0 Å². The van der Waals surface area contributed by atoms with E-state index in [1.807, 2.05) is 0 Å². The molecule has 3 aromatic rings. The molecule has 0 radical (unpaired) electrons. The molecule has 0 bridgehead atoms. The Labute approximate surface area is 136 Å². The highest BCUT2D eigenvalue weighted by molar-refractivity contribution is 6.09. The largest absolute Gasteiger partial charge is 0.418 e. The zero-order valence-electron chi connectivity index (χ0n) is 12.7. The van der Waals surface area contributed by atoms with Crippen LogP contribution >= 0.6 is 0 Å². The molecular formula is C18H13F3N2O. The van der Waals surface area contributed by atoms with Crippen LogP contribution in [0.3, 0.4) is 0 Å². The highest BCUT2D eigenvalue weighted by atomic mass is 19.4. The molecule has 0 saturated heterocycles.